The van der Waals surface area contributed by atoms with Gasteiger partial charge in [0, 0.05) is 23.4 Å². The molecule has 1 rings (SSSR count). The quantitative estimate of drug-likeness (QED) is 0.844. The molecule has 0 saturated heterocycles. The molecule has 0 spiro atoms. The molecule has 0 atom stereocenters. The summed E-state index contributed by atoms with van der Waals surface area (Å²) in [5, 5.41) is 2.38. The van der Waals surface area contributed by atoms with E-state index in [1.165, 1.54) is 12.4 Å². The number of carbonyl (C=O) groups excluding carboxylic acids is 2. The Balaban J connectivity index is 2.70. The Hall–Kier alpha value is -1.71. The number of nitrogens with one attached hydrogen (secondary N) is 1. The summed E-state index contributed by atoms with van der Waals surface area (Å²) in [6.45, 7) is 5.53. The van der Waals surface area contributed by atoms with Crippen LogP contribution in [0.3, 0.4) is 0 Å². The topological polar surface area (TPSA) is 59.1 Å². The average molecular weight is 220 g/mol. The summed E-state index contributed by atoms with van der Waals surface area (Å²) in [6, 6.07) is 3.14. The monoisotopic (exact) mass is 220 g/mol. The Morgan fingerprint density at radius 1 is 1.31 bits per heavy atom. The van der Waals surface area contributed by atoms with E-state index in [2.05, 4.69) is 10.3 Å². The molecule has 0 aliphatic rings. The number of carbonyl (C=O) groups is 2. The molecular formula is C12H16N2O2. The van der Waals surface area contributed by atoms with Crippen LogP contribution in [0.2, 0.25) is 0 Å². The van der Waals surface area contributed by atoms with Crippen LogP contribution in [-0.4, -0.2) is 16.8 Å². The maximum Gasteiger partial charge on any atom is 0.257 e. The van der Waals surface area contributed by atoms with E-state index in [-0.39, 0.29) is 11.8 Å². The van der Waals surface area contributed by atoms with Crippen molar-refractivity contribution in [3.05, 3.63) is 30.1 Å². The molecular weight excluding hydrogens is 204 g/mol. The first-order valence-electron chi connectivity index (χ1n) is 5.23. The van der Waals surface area contributed by atoms with Gasteiger partial charge < -0.3 is 0 Å². The number of hydrogen-bond donors (Lipinski definition) is 1. The van der Waals surface area contributed by atoms with Crippen molar-refractivity contribution in [3.63, 3.8) is 0 Å². The first-order valence-corrected chi connectivity index (χ1v) is 5.23. The highest BCUT2D eigenvalue weighted by Crippen LogP contribution is 2.19. The van der Waals surface area contributed by atoms with Gasteiger partial charge >= 0.3 is 0 Å². The number of aromatic nitrogens is 1. The summed E-state index contributed by atoms with van der Waals surface area (Å²) in [6.07, 6.45) is 3.72. The van der Waals surface area contributed by atoms with Gasteiger partial charge in [-0.25, -0.2) is 0 Å². The Morgan fingerprint density at radius 3 is 2.38 bits per heavy atom. The average Bonchev–Trinajstić information content (AvgIpc) is 2.30. The van der Waals surface area contributed by atoms with Crippen molar-refractivity contribution in [1.29, 1.82) is 0 Å². The van der Waals surface area contributed by atoms with E-state index in [4.69, 9.17) is 0 Å². The largest absolute Gasteiger partial charge is 0.292 e. The Morgan fingerprint density at radius 2 is 1.88 bits per heavy atom. The first kappa shape index (κ1) is 12.4. The molecule has 1 aromatic rings. The number of imide groups is 1. The van der Waals surface area contributed by atoms with Crippen molar-refractivity contribution in [1.82, 2.24) is 10.3 Å². The van der Waals surface area contributed by atoms with Crippen LogP contribution in [0.15, 0.2) is 24.5 Å². The molecule has 0 aromatic carbocycles. The summed E-state index contributed by atoms with van der Waals surface area (Å²) in [4.78, 5) is 27.2. The summed E-state index contributed by atoms with van der Waals surface area (Å²) in [5.41, 5.74) is -0.0851. The molecule has 1 N–H and O–H groups in total. The Labute approximate surface area is 95.1 Å². The molecule has 0 fully saturated rings. The van der Waals surface area contributed by atoms with Crippen LogP contribution in [-0.2, 0) is 4.79 Å². The zero-order valence-electron chi connectivity index (χ0n) is 9.78. The highest BCUT2D eigenvalue weighted by molar-refractivity contribution is 6.05. The molecule has 4 heteroatoms. The second-order valence-corrected chi connectivity index (χ2v) is 4.26. The lowest BCUT2D eigenvalue weighted by Crippen LogP contribution is -2.40. The Kier molecular flexibility index (Phi) is 3.77. The van der Waals surface area contributed by atoms with Gasteiger partial charge in [0.05, 0.1) is 0 Å². The molecule has 0 aliphatic carbocycles. The SMILES string of the molecule is CCC(C)(C)C(=O)NC(=O)c1ccncc1. The van der Waals surface area contributed by atoms with Gasteiger partial charge in [-0.3, -0.25) is 19.9 Å². The lowest BCUT2D eigenvalue weighted by atomic mass is 9.89. The highest BCUT2D eigenvalue weighted by Gasteiger charge is 2.26. The van der Waals surface area contributed by atoms with Gasteiger partial charge in [0.1, 0.15) is 0 Å². The summed E-state index contributed by atoms with van der Waals surface area (Å²) >= 11 is 0. The van der Waals surface area contributed by atoms with E-state index in [0.717, 1.165) is 0 Å². The van der Waals surface area contributed by atoms with Crippen LogP contribution in [0.5, 0.6) is 0 Å². The highest BCUT2D eigenvalue weighted by atomic mass is 16.2. The van der Waals surface area contributed by atoms with E-state index in [9.17, 15) is 9.59 Å². The van der Waals surface area contributed by atoms with Crippen molar-refractivity contribution in [2.24, 2.45) is 5.41 Å². The van der Waals surface area contributed by atoms with Crippen molar-refractivity contribution in [2.45, 2.75) is 27.2 Å². The van der Waals surface area contributed by atoms with Crippen LogP contribution in [0.25, 0.3) is 0 Å². The minimum absolute atomic E-state index is 0.253. The molecule has 0 aliphatic heterocycles. The molecule has 1 aromatic heterocycles. The molecule has 0 radical (unpaired) electrons. The van der Waals surface area contributed by atoms with Crippen molar-refractivity contribution >= 4 is 11.8 Å². The minimum Gasteiger partial charge on any atom is -0.292 e. The van der Waals surface area contributed by atoms with Gasteiger partial charge in [-0.05, 0) is 18.6 Å². The van der Waals surface area contributed by atoms with E-state index >= 15 is 0 Å². The summed E-state index contributed by atoms with van der Waals surface area (Å²) in [5.74, 6) is -0.634. The van der Waals surface area contributed by atoms with E-state index in [1.54, 1.807) is 12.1 Å². The third-order valence-corrected chi connectivity index (χ3v) is 2.67. The van der Waals surface area contributed by atoms with Gasteiger partial charge in [-0.1, -0.05) is 20.8 Å². The fourth-order valence-corrected chi connectivity index (χ4v) is 1.01. The lowest BCUT2D eigenvalue weighted by Gasteiger charge is -2.20. The predicted molar refractivity (Wildman–Crippen MR) is 60.8 cm³/mol. The smallest absolute Gasteiger partial charge is 0.257 e. The second-order valence-electron chi connectivity index (χ2n) is 4.26. The molecule has 0 saturated carbocycles. The van der Waals surface area contributed by atoms with Crippen molar-refractivity contribution in [3.8, 4) is 0 Å². The molecule has 16 heavy (non-hydrogen) atoms. The Bertz CT molecular complexity index is 385. The molecule has 4 nitrogen and oxygen atoms in total. The molecule has 0 bridgehead atoms. The summed E-state index contributed by atoms with van der Waals surface area (Å²) < 4.78 is 0. The van der Waals surface area contributed by atoms with E-state index < -0.39 is 5.41 Å². The maximum absolute atomic E-state index is 11.7. The fourth-order valence-electron chi connectivity index (χ4n) is 1.01. The normalized spacial score (nSPS) is 10.9. The third kappa shape index (κ3) is 2.89. The second kappa shape index (κ2) is 4.88. The van der Waals surface area contributed by atoms with Crippen molar-refractivity contribution in [2.75, 3.05) is 0 Å². The number of nitrogens with zero attached hydrogens (tertiary/aromatic N) is 1. The van der Waals surface area contributed by atoms with E-state index in [1.807, 2.05) is 20.8 Å². The molecule has 2 amide bonds. The van der Waals surface area contributed by atoms with Crippen molar-refractivity contribution < 1.29 is 9.59 Å². The fraction of sp³-hybridized carbons (Fsp3) is 0.417. The van der Waals surface area contributed by atoms with Crippen LogP contribution in [0.4, 0.5) is 0 Å². The standard InChI is InChI=1S/C12H16N2O2/c1-4-12(2,3)11(16)14-10(15)9-5-7-13-8-6-9/h5-8H,4H2,1-3H3,(H,14,15,16). The maximum atomic E-state index is 11.7. The third-order valence-electron chi connectivity index (χ3n) is 2.67. The molecule has 86 valence electrons. The molecule has 1 heterocycles. The number of rotatable bonds is 3. The number of pyridine rings is 1. The lowest BCUT2D eigenvalue weighted by molar-refractivity contribution is -0.128. The van der Waals surface area contributed by atoms with Crippen LogP contribution in [0.1, 0.15) is 37.6 Å². The van der Waals surface area contributed by atoms with E-state index in [0.29, 0.717) is 12.0 Å². The van der Waals surface area contributed by atoms with Gasteiger partial charge in [-0.15, -0.1) is 0 Å². The van der Waals surface area contributed by atoms with Crippen LogP contribution in [0, 0.1) is 5.41 Å². The minimum atomic E-state index is -0.525. The van der Waals surface area contributed by atoms with Crippen LogP contribution >= 0.6 is 0 Å². The van der Waals surface area contributed by atoms with Gasteiger partial charge in [-0.2, -0.15) is 0 Å². The van der Waals surface area contributed by atoms with Gasteiger partial charge in [0.25, 0.3) is 5.91 Å². The first-order chi connectivity index (χ1) is 7.47. The molecule has 0 unspecified atom stereocenters. The number of amides is 2. The van der Waals surface area contributed by atoms with Gasteiger partial charge in [0.2, 0.25) is 5.91 Å². The number of hydrogen-bond acceptors (Lipinski definition) is 3. The van der Waals surface area contributed by atoms with Crippen LogP contribution < -0.4 is 5.32 Å². The predicted octanol–water partition coefficient (Wildman–Crippen LogP) is 1.77. The van der Waals surface area contributed by atoms with Gasteiger partial charge in [0.15, 0.2) is 0 Å². The zero-order valence-corrected chi connectivity index (χ0v) is 9.78. The summed E-state index contributed by atoms with van der Waals surface area (Å²) in [7, 11) is 0. The zero-order chi connectivity index (χ0) is 12.2.